The van der Waals surface area contributed by atoms with E-state index < -0.39 is 0 Å². The third kappa shape index (κ3) is 4.60. The Morgan fingerprint density at radius 3 is 2.05 bits per heavy atom. The van der Waals surface area contributed by atoms with Gasteiger partial charge in [0, 0.05) is 23.9 Å². The number of rotatable bonds is 5. The maximum absolute atomic E-state index is 12.1. The Balaban J connectivity index is 1.95. The van der Waals surface area contributed by atoms with Gasteiger partial charge >= 0.3 is 0 Å². The Hall–Kier alpha value is -2.35. The van der Waals surface area contributed by atoms with Crippen LogP contribution in [-0.4, -0.2) is 5.78 Å². The second-order valence-corrected chi connectivity index (χ2v) is 5.40. The highest BCUT2D eigenvalue weighted by Gasteiger charge is 2.02. The summed E-state index contributed by atoms with van der Waals surface area (Å²) in [6, 6.07) is 16.0. The second-order valence-electron chi connectivity index (χ2n) is 5.40. The lowest BCUT2D eigenvalue weighted by atomic mass is 10.1. The molecule has 0 fully saturated rings. The van der Waals surface area contributed by atoms with Crippen molar-refractivity contribution in [1.82, 2.24) is 5.32 Å². The Labute approximate surface area is 126 Å². The largest absolute Gasteiger partial charge is 0.384 e. The molecule has 2 rings (SSSR count). The van der Waals surface area contributed by atoms with Gasteiger partial charge in [-0.25, -0.2) is 0 Å². The second kappa shape index (κ2) is 6.89. The van der Waals surface area contributed by atoms with E-state index in [1.807, 2.05) is 38.1 Å². The predicted molar refractivity (Wildman–Crippen MR) is 87.3 cm³/mol. The monoisotopic (exact) mass is 279 g/mol. The average molecular weight is 279 g/mol. The SMILES string of the molecule is CC(=CC(=O)c1ccc(C)cc1)NCc1ccc(C)cc1. The molecule has 2 heteroatoms. The van der Waals surface area contributed by atoms with Crippen LogP contribution in [0.1, 0.15) is 34.0 Å². The Bertz CT molecular complexity index is 636. The van der Waals surface area contributed by atoms with Crippen molar-refractivity contribution >= 4 is 5.78 Å². The van der Waals surface area contributed by atoms with Crippen LogP contribution in [0.5, 0.6) is 0 Å². The molecular formula is C19H21NO. The quantitative estimate of drug-likeness (QED) is 0.657. The first-order valence-electron chi connectivity index (χ1n) is 7.13. The predicted octanol–water partition coefficient (Wildman–Crippen LogP) is 4.18. The summed E-state index contributed by atoms with van der Waals surface area (Å²) in [5.74, 6) is 0.0314. The highest BCUT2D eigenvalue weighted by molar-refractivity contribution is 6.04. The summed E-state index contributed by atoms with van der Waals surface area (Å²) in [5.41, 5.74) is 5.21. The van der Waals surface area contributed by atoms with E-state index >= 15 is 0 Å². The van der Waals surface area contributed by atoms with Crippen LogP contribution in [0.15, 0.2) is 60.3 Å². The highest BCUT2D eigenvalue weighted by Crippen LogP contribution is 2.07. The minimum absolute atomic E-state index is 0.0314. The van der Waals surface area contributed by atoms with Crippen molar-refractivity contribution in [3.8, 4) is 0 Å². The van der Waals surface area contributed by atoms with Crippen molar-refractivity contribution in [2.24, 2.45) is 0 Å². The van der Waals surface area contributed by atoms with Gasteiger partial charge in [0.25, 0.3) is 0 Å². The Morgan fingerprint density at radius 2 is 1.48 bits per heavy atom. The number of hydrogen-bond acceptors (Lipinski definition) is 2. The number of carbonyl (C=O) groups excluding carboxylic acids is 1. The van der Waals surface area contributed by atoms with Gasteiger partial charge in [-0.2, -0.15) is 0 Å². The fraction of sp³-hybridized carbons (Fsp3) is 0.211. The number of carbonyl (C=O) groups is 1. The summed E-state index contributed by atoms with van der Waals surface area (Å²) < 4.78 is 0. The molecule has 21 heavy (non-hydrogen) atoms. The zero-order valence-corrected chi connectivity index (χ0v) is 12.8. The van der Waals surface area contributed by atoms with Crippen molar-refractivity contribution in [3.05, 3.63) is 82.6 Å². The van der Waals surface area contributed by atoms with Crippen LogP contribution in [0, 0.1) is 13.8 Å². The van der Waals surface area contributed by atoms with E-state index in [0.717, 1.165) is 23.4 Å². The molecule has 0 aliphatic carbocycles. The van der Waals surface area contributed by atoms with Gasteiger partial charge < -0.3 is 5.32 Å². The highest BCUT2D eigenvalue weighted by atomic mass is 16.1. The first-order valence-corrected chi connectivity index (χ1v) is 7.13. The van der Waals surface area contributed by atoms with Crippen molar-refractivity contribution in [2.45, 2.75) is 27.3 Å². The summed E-state index contributed by atoms with van der Waals surface area (Å²) >= 11 is 0. The molecule has 0 radical (unpaired) electrons. The summed E-state index contributed by atoms with van der Waals surface area (Å²) in [7, 11) is 0. The minimum Gasteiger partial charge on any atom is -0.384 e. The molecule has 2 aromatic rings. The van der Waals surface area contributed by atoms with Crippen molar-refractivity contribution in [1.29, 1.82) is 0 Å². The first-order chi connectivity index (χ1) is 10.0. The molecule has 0 aliphatic rings. The molecule has 0 saturated carbocycles. The van der Waals surface area contributed by atoms with Crippen molar-refractivity contribution in [3.63, 3.8) is 0 Å². The van der Waals surface area contributed by atoms with Crippen molar-refractivity contribution < 1.29 is 4.79 Å². The van der Waals surface area contributed by atoms with E-state index in [-0.39, 0.29) is 5.78 Å². The van der Waals surface area contributed by atoms with Crippen LogP contribution >= 0.6 is 0 Å². The molecule has 0 aliphatic heterocycles. The molecular weight excluding hydrogens is 258 g/mol. The lowest BCUT2D eigenvalue weighted by Gasteiger charge is -2.07. The van der Waals surface area contributed by atoms with Crippen LogP contribution in [0.4, 0.5) is 0 Å². The van der Waals surface area contributed by atoms with Crippen LogP contribution in [-0.2, 0) is 6.54 Å². The zero-order valence-electron chi connectivity index (χ0n) is 12.8. The summed E-state index contributed by atoms with van der Waals surface area (Å²) in [4.78, 5) is 12.1. The number of hydrogen-bond donors (Lipinski definition) is 1. The number of ketones is 1. The minimum atomic E-state index is 0.0314. The molecule has 0 saturated heterocycles. The van der Waals surface area contributed by atoms with Gasteiger partial charge in [0.1, 0.15) is 0 Å². The first kappa shape index (κ1) is 15.0. The lowest BCUT2D eigenvalue weighted by Crippen LogP contribution is -2.12. The van der Waals surface area contributed by atoms with E-state index in [4.69, 9.17) is 0 Å². The molecule has 1 N–H and O–H groups in total. The van der Waals surface area contributed by atoms with E-state index in [2.05, 4.69) is 36.5 Å². The fourth-order valence-corrected chi connectivity index (χ4v) is 2.00. The molecule has 2 nitrogen and oxygen atoms in total. The molecule has 108 valence electrons. The number of aryl methyl sites for hydroxylation is 2. The zero-order chi connectivity index (χ0) is 15.2. The normalized spacial score (nSPS) is 11.3. The summed E-state index contributed by atoms with van der Waals surface area (Å²) in [6.45, 7) is 6.73. The van der Waals surface area contributed by atoms with Gasteiger partial charge in [0.2, 0.25) is 0 Å². The van der Waals surface area contributed by atoms with Gasteiger partial charge in [0.05, 0.1) is 0 Å². The van der Waals surface area contributed by atoms with Crippen LogP contribution in [0.2, 0.25) is 0 Å². The van der Waals surface area contributed by atoms with Crippen LogP contribution < -0.4 is 5.32 Å². The molecule has 0 atom stereocenters. The molecule has 0 amide bonds. The van der Waals surface area contributed by atoms with Crippen LogP contribution in [0.25, 0.3) is 0 Å². The third-order valence-electron chi connectivity index (χ3n) is 3.38. The summed E-state index contributed by atoms with van der Waals surface area (Å²) in [5, 5.41) is 3.27. The molecule has 0 spiro atoms. The number of benzene rings is 2. The van der Waals surface area contributed by atoms with E-state index in [1.165, 1.54) is 11.1 Å². The van der Waals surface area contributed by atoms with E-state index in [0.29, 0.717) is 0 Å². The van der Waals surface area contributed by atoms with E-state index in [9.17, 15) is 4.79 Å². The van der Waals surface area contributed by atoms with Crippen LogP contribution in [0.3, 0.4) is 0 Å². The standard InChI is InChI=1S/C19H21NO/c1-14-4-8-17(9-5-14)13-20-16(3)12-19(21)18-10-6-15(2)7-11-18/h4-12,20H,13H2,1-3H3. The van der Waals surface area contributed by atoms with Gasteiger partial charge in [-0.1, -0.05) is 59.7 Å². The van der Waals surface area contributed by atoms with Gasteiger partial charge in [-0.05, 0) is 26.3 Å². The molecule has 0 bridgehead atoms. The third-order valence-corrected chi connectivity index (χ3v) is 3.38. The lowest BCUT2D eigenvalue weighted by molar-refractivity contribution is 0.104. The smallest absolute Gasteiger partial charge is 0.187 e. The molecule has 0 aromatic heterocycles. The Morgan fingerprint density at radius 1 is 0.952 bits per heavy atom. The molecule has 0 unspecified atom stereocenters. The van der Waals surface area contributed by atoms with Gasteiger partial charge in [0.15, 0.2) is 5.78 Å². The number of allylic oxidation sites excluding steroid dienone is 2. The van der Waals surface area contributed by atoms with Crippen molar-refractivity contribution in [2.75, 3.05) is 0 Å². The molecule has 0 heterocycles. The van der Waals surface area contributed by atoms with E-state index in [1.54, 1.807) is 6.08 Å². The number of nitrogens with one attached hydrogen (secondary N) is 1. The summed E-state index contributed by atoms with van der Waals surface area (Å²) in [6.07, 6.45) is 1.65. The topological polar surface area (TPSA) is 29.1 Å². The fourth-order valence-electron chi connectivity index (χ4n) is 2.00. The van der Waals surface area contributed by atoms with Gasteiger partial charge in [-0.3, -0.25) is 4.79 Å². The molecule has 2 aromatic carbocycles. The average Bonchev–Trinajstić information content (AvgIpc) is 2.47. The maximum atomic E-state index is 12.1. The Kier molecular flexibility index (Phi) is 4.94. The van der Waals surface area contributed by atoms with Gasteiger partial charge in [-0.15, -0.1) is 0 Å². The maximum Gasteiger partial charge on any atom is 0.187 e.